The Balaban J connectivity index is 2.03. The number of aryl methyl sites for hydroxylation is 1. The molecule has 0 aromatic heterocycles. The van der Waals surface area contributed by atoms with Crippen LogP contribution in [0.4, 0.5) is 4.39 Å². The van der Waals surface area contributed by atoms with E-state index in [1.54, 1.807) is 6.07 Å². The molecule has 0 spiro atoms. The van der Waals surface area contributed by atoms with Gasteiger partial charge in [0, 0.05) is 12.6 Å². The van der Waals surface area contributed by atoms with Gasteiger partial charge in [0.1, 0.15) is 23.8 Å². The predicted octanol–water partition coefficient (Wildman–Crippen LogP) is 1.61. The molecule has 17 heavy (non-hydrogen) atoms. The van der Waals surface area contributed by atoms with Crippen molar-refractivity contribution in [2.24, 2.45) is 11.7 Å². The zero-order chi connectivity index (χ0) is 12.5. The summed E-state index contributed by atoms with van der Waals surface area (Å²) in [5, 5.41) is 10.2. The van der Waals surface area contributed by atoms with E-state index in [0.717, 1.165) is 18.4 Å². The Morgan fingerprint density at radius 2 is 2.24 bits per heavy atom. The lowest BCUT2D eigenvalue weighted by Gasteiger charge is -2.26. The number of hydrogen-bond acceptors (Lipinski definition) is 3. The molecule has 0 saturated heterocycles. The topological polar surface area (TPSA) is 55.5 Å². The summed E-state index contributed by atoms with van der Waals surface area (Å²) in [6.45, 7) is 2.14. The lowest BCUT2D eigenvalue weighted by molar-refractivity contribution is -0.0164. The molecule has 0 amide bonds. The summed E-state index contributed by atoms with van der Waals surface area (Å²) < 4.78 is 18.6. The number of aliphatic hydroxyl groups is 1. The van der Waals surface area contributed by atoms with Crippen molar-refractivity contribution in [3.63, 3.8) is 0 Å². The quantitative estimate of drug-likeness (QED) is 0.820. The zero-order valence-electron chi connectivity index (χ0n) is 9.95. The van der Waals surface area contributed by atoms with Gasteiger partial charge in [-0.2, -0.15) is 0 Å². The molecule has 0 bridgehead atoms. The van der Waals surface area contributed by atoms with Crippen molar-refractivity contribution in [1.29, 1.82) is 0 Å². The van der Waals surface area contributed by atoms with E-state index >= 15 is 0 Å². The largest absolute Gasteiger partial charge is 0.490 e. The van der Waals surface area contributed by atoms with Gasteiger partial charge in [0.25, 0.3) is 0 Å². The molecular weight excluding hydrogens is 221 g/mol. The second kappa shape index (κ2) is 4.63. The van der Waals surface area contributed by atoms with Crippen molar-refractivity contribution in [1.82, 2.24) is 0 Å². The summed E-state index contributed by atoms with van der Waals surface area (Å²) in [4.78, 5) is 0. The minimum Gasteiger partial charge on any atom is -0.490 e. The van der Waals surface area contributed by atoms with E-state index < -0.39 is 5.60 Å². The highest BCUT2D eigenvalue weighted by atomic mass is 19.1. The second-order valence-electron chi connectivity index (χ2n) is 4.78. The summed E-state index contributed by atoms with van der Waals surface area (Å²) in [7, 11) is 0. The van der Waals surface area contributed by atoms with Gasteiger partial charge in [-0.1, -0.05) is 6.07 Å². The molecule has 1 unspecified atom stereocenters. The SMILES string of the molecule is Cc1ccc(F)cc1OCC(O)(CN)C1CC1. The van der Waals surface area contributed by atoms with Crippen LogP contribution < -0.4 is 10.5 Å². The maximum absolute atomic E-state index is 13.1. The monoisotopic (exact) mass is 239 g/mol. The molecule has 2 rings (SSSR count). The van der Waals surface area contributed by atoms with Gasteiger partial charge in [-0.25, -0.2) is 4.39 Å². The molecular formula is C13H18FNO2. The number of ether oxygens (including phenoxy) is 1. The molecule has 1 atom stereocenters. The maximum atomic E-state index is 13.1. The third-order valence-corrected chi connectivity index (χ3v) is 3.32. The van der Waals surface area contributed by atoms with Crippen molar-refractivity contribution in [2.45, 2.75) is 25.4 Å². The summed E-state index contributed by atoms with van der Waals surface area (Å²) in [6, 6.07) is 4.38. The Hall–Kier alpha value is -1.13. The van der Waals surface area contributed by atoms with Crippen LogP contribution in [-0.4, -0.2) is 23.9 Å². The Bertz CT molecular complexity index is 406. The predicted molar refractivity (Wildman–Crippen MR) is 63.4 cm³/mol. The van der Waals surface area contributed by atoms with E-state index in [4.69, 9.17) is 10.5 Å². The smallest absolute Gasteiger partial charge is 0.126 e. The number of nitrogens with two attached hydrogens (primary N) is 1. The van der Waals surface area contributed by atoms with E-state index in [1.807, 2.05) is 6.92 Å². The van der Waals surface area contributed by atoms with Crippen LogP contribution in [-0.2, 0) is 0 Å². The van der Waals surface area contributed by atoms with Crippen molar-refractivity contribution >= 4 is 0 Å². The lowest BCUT2D eigenvalue weighted by Crippen LogP contribution is -2.45. The van der Waals surface area contributed by atoms with E-state index in [0.29, 0.717) is 5.75 Å². The molecule has 0 radical (unpaired) electrons. The number of hydrogen-bond donors (Lipinski definition) is 2. The molecule has 4 heteroatoms. The highest BCUT2D eigenvalue weighted by molar-refractivity contribution is 5.32. The molecule has 1 aromatic carbocycles. The number of benzene rings is 1. The zero-order valence-corrected chi connectivity index (χ0v) is 9.95. The van der Waals surface area contributed by atoms with E-state index in [-0.39, 0.29) is 24.9 Å². The highest BCUT2D eigenvalue weighted by Crippen LogP contribution is 2.39. The number of halogens is 1. The third kappa shape index (κ3) is 2.76. The molecule has 3 nitrogen and oxygen atoms in total. The van der Waals surface area contributed by atoms with E-state index in [9.17, 15) is 9.50 Å². The van der Waals surface area contributed by atoms with Crippen LogP contribution in [0.2, 0.25) is 0 Å². The first-order valence-corrected chi connectivity index (χ1v) is 5.86. The molecule has 1 saturated carbocycles. The molecule has 1 aliphatic rings. The second-order valence-corrected chi connectivity index (χ2v) is 4.78. The summed E-state index contributed by atoms with van der Waals surface area (Å²) in [5.41, 5.74) is 5.45. The van der Waals surface area contributed by atoms with Crippen molar-refractivity contribution in [3.8, 4) is 5.75 Å². The molecule has 0 heterocycles. The average Bonchev–Trinajstić information content (AvgIpc) is 3.14. The third-order valence-electron chi connectivity index (χ3n) is 3.32. The van der Waals surface area contributed by atoms with Crippen LogP contribution in [0.25, 0.3) is 0 Å². The Morgan fingerprint density at radius 1 is 1.53 bits per heavy atom. The van der Waals surface area contributed by atoms with Gasteiger partial charge in [-0.3, -0.25) is 0 Å². The first kappa shape index (κ1) is 12.3. The van der Waals surface area contributed by atoms with E-state index in [2.05, 4.69) is 0 Å². The van der Waals surface area contributed by atoms with Gasteiger partial charge in [-0.15, -0.1) is 0 Å². The minimum absolute atomic E-state index is 0.123. The normalized spacial score (nSPS) is 18.8. The number of rotatable bonds is 5. The molecule has 0 aliphatic heterocycles. The lowest BCUT2D eigenvalue weighted by atomic mass is 9.99. The van der Waals surface area contributed by atoms with Crippen molar-refractivity contribution in [2.75, 3.05) is 13.2 Å². The van der Waals surface area contributed by atoms with Crippen molar-refractivity contribution < 1.29 is 14.2 Å². The summed E-state index contributed by atoms with van der Waals surface area (Å²) in [6.07, 6.45) is 1.97. The van der Waals surface area contributed by atoms with Gasteiger partial charge in [0.15, 0.2) is 0 Å². The van der Waals surface area contributed by atoms with Crippen molar-refractivity contribution in [3.05, 3.63) is 29.6 Å². The van der Waals surface area contributed by atoms with Crippen LogP contribution >= 0.6 is 0 Å². The maximum Gasteiger partial charge on any atom is 0.126 e. The molecule has 1 aliphatic carbocycles. The van der Waals surface area contributed by atoms with Gasteiger partial charge < -0.3 is 15.6 Å². The van der Waals surface area contributed by atoms with E-state index in [1.165, 1.54) is 12.1 Å². The first-order chi connectivity index (χ1) is 8.05. The first-order valence-electron chi connectivity index (χ1n) is 5.86. The fraction of sp³-hybridized carbons (Fsp3) is 0.538. The Labute approximate surface area is 100 Å². The van der Waals surface area contributed by atoms with Gasteiger partial charge in [-0.05, 0) is 37.3 Å². The standard InChI is InChI=1S/C13H18FNO2/c1-9-2-5-11(14)6-12(9)17-8-13(16,7-15)10-3-4-10/h2,5-6,10,16H,3-4,7-8,15H2,1H3. The molecule has 94 valence electrons. The average molecular weight is 239 g/mol. The molecule has 1 aromatic rings. The Kier molecular flexibility index (Phi) is 3.35. The van der Waals surface area contributed by atoms with Gasteiger partial charge >= 0.3 is 0 Å². The minimum atomic E-state index is -0.973. The van der Waals surface area contributed by atoms with Crippen LogP contribution in [0.15, 0.2) is 18.2 Å². The fourth-order valence-electron chi connectivity index (χ4n) is 1.90. The Morgan fingerprint density at radius 3 is 2.82 bits per heavy atom. The van der Waals surface area contributed by atoms with Gasteiger partial charge in [0.05, 0.1) is 0 Å². The molecule has 3 N–H and O–H groups in total. The molecule has 1 fully saturated rings. The van der Waals surface area contributed by atoms with Crippen LogP contribution in [0, 0.1) is 18.7 Å². The van der Waals surface area contributed by atoms with Crippen LogP contribution in [0.5, 0.6) is 5.75 Å². The summed E-state index contributed by atoms with van der Waals surface area (Å²) >= 11 is 0. The summed E-state index contributed by atoms with van der Waals surface area (Å²) in [5.74, 6) is 0.354. The van der Waals surface area contributed by atoms with Crippen LogP contribution in [0.3, 0.4) is 0 Å². The van der Waals surface area contributed by atoms with Crippen LogP contribution in [0.1, 0.15) is 18.4 Å². The highest BCUT2D eigenvalue weighted by Gasteiger charge is 2.43. The fourth-order valence-corrected chi connectivity index (χ4v) is 1.90. The van der Waals surface area contributed by atoms with Gasteiger partial charge in [0.2, 0.25) is 0 Å².